The van der Waals surface area contributed by atoms with Crippen LogP contribution in [0.4, 0.5) is 4.39 Å². The quantitative estimate of drug-likeness (QED) is 0.693. The summed E-state index contributed by atoms with van der Waals surface area (Å²) < 4.78 is 14.9. The van der Waals surface area contributed by atoms with Crippen molar-refractivity contribution in [1.29, 1.82) is 0 Å². The molecule has 4 nitrogen and oxygen atoms in total. The Labute approximate surface area is 150 Å². The van der Waals surface area contributed by atoms with Gasteiger partial charge in [-0.2, -0.15) is 5.10 Å². The molecule has 3 aromatic rings. The molecule has 3 rings (SSSR count). The fourth-order valence-electron chi connectivity index (χ4n) is 2.73. The predicted molar refractivity (Wildman–Crippen MR) is 98.2 cm³/mol. The Kier molecular flexibility index (Phi) is 4.72. The molecule has 25 heavy (non-hydrogen) atoms. The lowest BCUT2D eigenvalue weighted by molar-refractivity contribution is 0.0747. The molecule has 1 aromatic carbocycles. The standard InChI is InChI=1S/C19H20FN3OS/c1-12(15-10-21-22(3)11-15)23(4)19(24)18-9-17(13(2)25-18)14-5-7-16(20)8-6-14/h5-12H,1-4H3/t12-/m0/s1. The van der Waals surface area contributed by atoms with Crippen LogP contribution in [0.15, 0.2) is 42.7 Å². The van der Waals surface area contributed by atoms with E-state index < -0.39 is 0 Å². The maximum absolute atomic E-state index is 13.1. The van der Waals surface area contributed by atoms with E-state index in [4.69, 9.17) is 0 Å². The average Bonchev–Trinajstić information content (AvgIpc) is 3.19. The van der Waals surface area contributed by atoms with E-state index in [9.17, 15) is 9.18 Å². The Morgan fingerprint density at radius 3 is 2.60 bits per heavy atom. The van der Waals surface area contributed by atoms with Crippen molar-refractivity contribution in [3.8, 4) is 11.1 Å². The number of hydrogen-bond donors (Lipinski definition) is 0. The van der Waals surface area contributed by atoms with E-state index in [-0.39, 0.29) is 17.8 Å². The highest BCUT2D eigenvalue weighted by atomic mass is 32.1. The minimum atomic E-state index is -0.266. The van der Waals surface area contributed by atoms with Gasteiger partial charge in [0.05, 0.1) is 17.1 Å². The van der Waals surface area contributed by atoms with E-state index in [1.54, 1.807) is 35.0 Å². The Balaban J connectivity index is 1.85. The molecule has 0 saturated heterocycles. The highest BCUT2D eigenvalue weighted by Gasteiger charge is 2.22. The summed E-state index contributed by atoms with van der Waals surface area (Å²) in [5.41, 5.74) is 2.87. The summed E-state index contributed by atoms with van der Waals surface area (Å²) in [6.45, 7) is 3.96. The van der Waals surface area contributed by atoms with Gasteiger partial charge in [0.1, 0.15) is 5.82 Å². The van der Waals surface area contributed by atoms with Crippen LogP contribution in [0.2, 0.25) is 0 Å². The highest BCUT2D eigenvalue weighted by molar-refractivity contribution is 7.14. The lowest BCUT2D eigenvalue weighted by atomic mass is 10.1. The maximum Gasteiger partial charge on any atom is 0.264 e. The van der Waals surface area contributed by atoms with Crippen molar-refractivity contribution in [3.63, 3.8) is 0 Å². The number of aromatic nitrogens is 2. The van der Waals surface area contributed by atoms with Gasteiger partial charge in [-0.05, 0) is 43.2 Å². The molecule has 1 atom stereocenters. The van der Waals surface area contributed by atoms with E-state index in [1.165, 1.54) is 23.5 Å². The van der Waals surface area contributed by atoms with Crippen molar-refractivity contribution >= 4 is 17.2 Å². The zero-order chi connectivity index (χ0) is 18.1. The summed E-state index contributed by atoms with van der Waals surface area (Å²) in [5, 5.41) is 4.17. The summed E-state index contributed by atoms with van der Waals surface area (Å²) in [4.78, 5) is 16.3. The largest absolute Gasteiger partial charge is 0.334 e. The Hall–Kier alpha value is -2.47. The fourth-order valence-corrected chi connectivity index (χ4v) is 3.76. The average molecular weight is 357 g/mol. The molecule has 6 heteroatoms. The summed E-state index contributed by atoms with van der Waals surface area (Å²) in [6, 6.07) is 8.16. The van der Waals surface area contributed by atoms with Crippen LogP contribution in [0, 0.1) is 12.7 Å². The third-order valence-electron chi connectivity index (χ3n) is 4.39. The van der Waals surface area contributed by atoms with Gasteiger partial charge in [0.2, 0.25) is 0 Å². The van der Waals surface area contributed by atoms with Crippen molar-refractivity contribution in [2.24, 2.45) is 7.05 Å². The van der Waals surface area contributed by atoms with Gasteiger partial charge >= 0.3 is 0 Å². The van der Waals surface area contributed by atoms with Crippen LogP contribution >= 0.6 is 11.3 Å². The van der Waals surface area contributed by atoms with Gasteiger partial charge in [0.25, 0.3) is 5.91 Å². The van der Waals surface area contributed by atoms with Crippen molar-refractivity contribution in [1.82, 2.24) is 14.7 Å². The zero-order valence-electron chi connectivity index (χ0n) is 14.7. The molecule has 130 valence electrons. The van der Waals surface area contributed by atoms with E-state index in [0.29, 0.717) is 4.88 Å². The molecular formula is C19H20FN3OS. The van der Waals surface area contributed by atoms with Crippen LogP contribution in [0.1, 0.15) is 33.1 Å². The van der Waals surface area contributed by atoms with Crippen molar-refractivity contribution in [3.05, 3.63) is 63.9 Å². The Bertz CT molecular complexity index is 898. The van der Waals surface area contributed by atoms with Gasteiger partial charge in [-0.3, -0.25) is 9.48 Å². The zero-order valence-corrected chi connectivity index (χ0v) is 15.5. The van der Waals surface area contributed by atoms with Crippen molar-refractivity contribution < 1.29 is 9.18 Å². The van der Waals surface area contributed by atoms with E-state index in [0.717, 1.165) is 21.6 Å². The fraction of sp³-hybridized carbons (Fsp3) is 0.263. The second kappa shape index (κ2) is 6.80. The van der Waals surface area contributed by atoms with Crippen LogP contribution < -0.4 is 0 Å². The second-order valence-corrected chi connectivity index (χ2v) is 7.38. The van der Waals surface area contributed by atoms with E-state index in [1.807, 2.05) is 33.2 Å². The summed E-state index contributed by atoms with van der Waals surface area (Å²) in [7, 11) is 3.66. The number of aryl methyl sites for hydroxylation is 2. The van der Waals surface area contributed by atoms with Gasteiger partial charge in [-0.1, -0.05) is 12.1 Å². The number of amides is 1. The maximum atomic E-state index is 13.1. The molecule has 0 saturated carbocycles. The number of carbonyl (C=O) groups excluding carboxylic acids is 1. The smallest absolute Gasteiger partial charge is 0.264 e. The first-order valence-electron chi connectivity index (χ1n) is 7.99. The first-order valence-corrected chi connectivity index (χ1v) is 8.80. The molecule has 0 aliphatic rings. The highest BCUT2D eigenvalue weighted by Crippen LogP contribution is 2.32. The number of rotatable bonds is 4. The third kappa shape index (κ3) is 3.49. The lowest BCUT2D eigenvalue weighted by Crippen LogP contribution is -2.28. The van der Waals surface area contributed by atoms with Crippen LogP contribution in [0.5, 0.6) is 0 Å². The first-order chi connectivity index (χ1) is 11.9. The SMILES string of the molecule is Cc1sc(C(=O)N(C)[C@@H](C)c2cnn(C)c2)cc1-c1ccc(F)cc1. The Morgan fingerprint density at radius 2 is 2.00 bits per heavy atom. The summed E-state index contributed by atoms with van der Waals surface area (Å²) in [5.74, 6) is -0.296. The van der Waals surface area contributed by atoms with Crippen LogP contribution in [0.3, 0.4) is 0 Å². The van der Waals surface area contributed by atoms with Crippen molar-refractivity contribution in [2.45, 2.75) is 19.9 Å². The van der Waals surface area contributed by atoms with E-state index >= 15 is 0 Å². The number of benzene rings is 1. The summed E-state index contributed by atoms with van der Waals surface area (Å²) in [6.07, 6.45) is 3.69. The topological polar surface area (TPSA) is 38.1 Å². The van der Waals surface area contributed by atoms with Gasteiger partial charge < -0.3 is 4.90 Å². The molecule has 2 aromatic heterocycles. The molecule has 0 bridgehead atoms. The molecule has 0 aliphatic carbocycles. The van der Waals surface area contributed by atoms with E-state index in [2.05, 4.69) is 5.10 Å². The molecule has 0 unspecified atom stereocenters. The van der Waals surface area contributed by atoms with Crippen LogP contribution in [0.25, 0.3) is 11.1 Å². The summed E-state index contributed by atoms with van der Waals surface area (Å²) >= 11 is 1.46. The van der Waals surface area contributed by atoms with Gasteiger partial charge in [0.15, 0.2) is 0 Å². The molecule has 2 heterocycles. The predicted octanol–water partition coefficient (Wildman–Crippen LogP) is 4.43. The first kappa shape index (κ1) is 17.4. The molecule has 0 aliphatic heterocycles. The monoisotopic (exact) mass is 357 g/mol. The second-order valence-electron chi connectivity index (χ2n) is 6.13. The van der Waals surface area contributed by atoms with Gasteiger partial charge in [-0.15, -0.1) is 11.3 Å². The Morgan fingerprint density at radius 1 is 1.32 bits per heavy atom. The molecule has 0 N–H and O–H groups in total. The number of halogens is 1. The molecular weight excluding hydrogens is 337 g/mol. The third-order valence-corrected chi connectivity index (χ3v) is 5.43. The normalized spacial score (nSPS) is 12.2. The number of nitrogens with zero attached hydrogens (tertiary/aromatic N) is 3. The number of thiophene rings is 1. The lowest BCUT2D eigenvalue weighted by Gasteiger charge is -2.23. The van der Waals surface area contributed by atoms with Gasteiger partial charge in [0, 0.05) is 30.7 Å². The molecule has 0 fully saturated rings. The minimum absolute atomic E-state index is 0.0298. The minimum Gasteiger partial charge on any atom is -0.334 e. The van der Waals surface area contributed by atoms with Crippen LogP contribution in [-0.2, 0) is 7.05 Å². The molecule has 0 spiro atoms. The van der Waals surface area contributed by atoms with Crippen LogP contribution in [-0.4, -0.2) is 27.6 Å². The van der Waals surface area contributed by atoms with Gasteiger partial charge in [-0.25, -0.2) is 4.39 Å². The number of hydrogen-bond acceptors (Lipinski definition) is 3. The number of carbonyl (C=O) groups is 1. The van der Waals surface area contributed by atoms with Crippen molar-refractivity contribution in [2.75, 3.05) is 7.05 Å². The molecule has 0 radical (unpaired) electrons. The molecule has 1 amide bonds.